The second-order valence-corrected chi connectivity index (χ2v) is 8.55. The average Bonchev–Trinajstić information content (AvgIpc) is 3.28. The zero-order chi connectivity index (χ0) is 24.1. The normalized spacial score (nSPS) is 18.2. The van der Waals surface area contributed by atoms with Crippen LogP contribution < -0.4 is 9.47 Å². The molecule has 8 heteroatoms. The molecule has 180 valence electrons. The molecule has 0 aliphatic carbocycles. The topological polar surface area (TPSA) is 79.4 Å². The van der Waals surface area contributed by atoms with Gasteiger partial charge in [0, 0.05) is 45.1 Å². The maximum atomic E-state index is 13.8. The highest BCUT2D eigenvalue weighted by atomic mass is 16.5. The van der Waals surface area contributed by atoms with Gasteiger partial charge in [-0.1, -0.05) is 30.3 Å². The lowest BCUT2D eigenvalue weighted by Gasteiger charge is -2.42. The molecule has 0 N–H and O–H groups in total. The van der Waals surface area contributed by atoms with E-state index in [1.807, 2.05) is 36.4 Å². The molecule has 2 aromatic rings. The number of hydrogen-bond donors (Lipinski definition) is 0. The van der Waals surface area contributed by atoms with Crippen LogP contribution in [0.15, 0.2) is 48.5 Å². The molecule has 2 aliphatic rings. The number of carbonyl (C=O) groups excluding carboxylic acids is 3. The second-order valence-electron chi connectivity index (χ2n) is 8.55. The van der Waals surface area contributed by atoms with E-state index in [0.29, 0.717) is 56.3 Å². The van der Waals surface area contributed by atoms with Gasteiger partial charge in [-0.15, -0.1) is 0 Å². The van der Waals surface area contributed by atoms with Gasteiger partial charge in [-0.05, 0) is 24.6 Å². The predicted molar refractivity (Wildman–Crippen MR) is 127 cm³/mol. The Morgan fingerprint density at radius 2 is 1.74 bits per heavy atom. The molecule has 34 heavy (non-hydrogen) atoms. The van der Waals surface area contributed by atoms with Crippen molar-refractivity contribution in [1.82, 2.24) is 14.7 Å². The first kappa shape index (κ1) is 23.6. The minimum absolute atomic E-state index is 0.0211. The van der Waals surface area contributed by atoms with E-state index in [9.17, 15) is 14.4 Å². The lowest BCUT2D eigenvalue weighted by molar-refractivity contribution is -0.131. The summed E-state index contributed by atoms with van der Waals surface area (Å²) in [7, 11) is 1.60. The van der Waals surface area contributed by atoms with Crippen molar-refractivity contribution in [1.29, 1.82) is 0 Å². The van der Waals surface area contributed by atoms with E-state index in [2.05, 4.69) is 0 Å². The van der Waals surface area contributed by atoms with Crippen molar-refractivity contribution in [3.63, 3.8) is 0 Å². The van der Waals surface area contributed by atoms with Crippen LogP contribution in [0.4, 0.5) is 0 Å². The summed E-state index contributed by atoms with van der Waals surface area (Å²) in [5, 5.41) is 0. The molecular weight excluding hydrogens is 434 g/mol. The number of benzene rings is 2. The molecule has 0 saturated carbocycles. The molecule has 0 bridgehead atoms. The number of methoxy groups -OCH3 is 1. The van der Waals surface area contributed by atoms with Gasteiger partial charge in [0.25, 0.3) is 5.91 Å². The van der Waals surface area contributed by atoms with Crippen LogP contribution in [0.25, 0.3) is 0 Å². The van der Waals surface area contributed by atoms with Gasteiger partial charge < -0.3 is 24.2 Å². The Morgan fingerprint density at radius 3 is 2.44 bits per heavy atom. The summed E-state index contributed by atoms with van der Waals surface area (Å²) >= 11 is 0. The summed E-state index contributed by atoms with van der Waals surface area (Å²) in [4.78, 5) is 43.1. The average molecular weight is 466 g/mol. The van der Waals surface area contributed by atoms with Crippen LogP contribution in [0, 0.1) is 0 Å². The van der Waals surface area contributed by atoms with E-state index in [1.54, 1.807) is 40.9 Å². The van der Waals surface area contributed by atoms with Crippen LogP contribution >= 0.6 is 0 Å². The first-order valence-electron chi connectivity index (χ1n) is 11.7. The number of amides is 3. The van der Waals surface area contributed by atoms with Gasteiger partial charge in [-0.25, -0.2) is 0 Å². The fourth-order valence-electron chi connectivity index (χ4n) is 4.65. The van der Waals surface area contributed by atoms with Crippen LogP contribution in [-0.4, -0.2) is 78.9 Å². The molecule has 0 spiro atoms. The quantitative estimate of drug-likeness (QED) is 0.628. The van der Waals surface area contributed by atoms with Crippen molar-refractivity contribution in [3.8, 4) is 11.5 Å². The Morgan fingerprint density at radius 1 is 1.00 bits per heavy atom. The van der Waals surface area contributed by atoms with Gasteiger partial charge in [0.1, 0.15) is 18.1 Å². The second kappa shape index (κ2) is 10.6. The molecule has 2 saturated heterocycles. The summed E-state index contributed by atoms with van der Waals surface area (Å²) in [5.41, 5.74) is 1.32. The van der Waals surface area contributed by atoms with Gasteiger partial charge in [-0.2, -0.15) is 0 Å². The van der Waals surface area contributed by atoms with E-state index >= 15 is 0 Å². The maximum absolute atomic E-state index is 13.8. The van der Waals surface area contributed by atoms with Gasteiger partial charge in [-0.3, -0.25) is 14.4 Å². The van der Waals surface area contributed by atoms with Crippen LogP contribution in [0.2, 0.25) is 0 Å². The lowest BCUT2D eigenvalue weighted by Crippen LogP contribution is -2.52. The van der Waals surface area contributed by atoms with Crippen molar-refractivity contribution in [2.75, 3.05) is 46.4 Å². The first-order valence-corrected chi connectivity index (χ1v) is 11.7. The zero-order valence-corrected chi connectivity index (χ0v) is 19.7. The van der Waals surface area contributed by atoms with E-state index in [-0.39, 0.29) is 23.8 Å². The van der Waals surface area contributed by atoms with Crippen LogP contribution in [0.5, 0.6) is 11.5 Å². The van der Waals surface area contributed by atoms with E-state index < -0.39 is 0 Å². The molecule has 2 aliphatic heterocycles. The molecule has 1 atom stereocenters. The maximum Gasteiger partial charge on any atom is 0.258 e. The lowest BCUT2D eigenvalue weighted by atomic mass is 9.99. The molecule has 0 unspecified atom stereocenters. The Kier molecular flexibility index (Phi) is 7.35. The van der Waals surface area contributed by atoms with Crippen molar-refractivity contribution in [2.45, 2.75) is 25.8 Å². The fraction of sp³-hybridized carbons (Fsp3) is 0.423. The number of para-hydroxylation sites is 2. The molecule has 0 aromatic heterocycles. The van der Waals surface area contributed by atoms with Crippen molar-refractivity contribution in [3.05, 3.63) is 59.7 Å². The van der Waals surface area contributed by atoms with E-state index in [0.717, 1.165) is 18.5 Å². The number of ether oxygens (including phenoxy) is 2. The number of piperazine rings is 1. The van der Waals surface area contributed by atoms with Gasteiger partial charge in [0.05, 0.1) is 25.3 Å². The van der Waals surface area contributed by atoms with Crippen molar-refractivity contribution in [2.24, 2.45) is 0 Å². The van der Waals surface area contributed by atoms with E-state index in [1.165, 1.54) is 0 Å². The third-order valence-electron chi connectivity index (χ3n) is 6.49. The Balaban J connectivity index is 1.56. The number of rotatable bonds is 7. The molecule has 2 heterocycles. The largest absolute Gasteiger partial charge is 0.496 e. The highest BCUT2D eigenvalue weighted by Crippen LogP contribution is 2.34. The van der Waals surface area contributed by atoms with Gasteiger partial charge >= 0.3 is 0 Å². The summed E-state index contributed by atoms with van der Waals surface area (Å²) in [6, 6.07) is 14.4. The fourth-order valence-corrected chi connectivity index (χ4v) is 4.65. The number of nitrogens with zero attached hydrogens (tertiary/aromatic N) is 3. The number of hydrogen-bond acceptors (Lipinski definition) is 5. The summed E-state index contributed by atoms with van der Waals surface area (Å²) in [6.07, 6.45) is 1.47. The minimum atomic E-state index is -0.350. The minimum Gasteiger partial charge on any atom is -0.496 e. The molecule has 0 radical (unpaired) electrons. The Labute approximate surface area is 200 Å². The molecule has 8 nitrogen and oxygen atoms in total. The smallest absolute Gasteiger partial charge is 0.258 e. The highest BCUT2D eigenvalue weighted by molar-refractivity contribution is 5.97. The molecule has 4 rings (SSSR count). The van der Waals surface area contributed by atoms with Gasteiger partial charge in [0.15, 0.2) is 0 Å². The summed E-state index contributed by atoms with van der Waals surface area (Å²) in [6.45, 7) is 4.38. The molecule has 3 amide bonds. The standard InChI is InChI=1S/C26H31N3O5/c1-19(30)28-14-15-29(22(18-28)20-8-3-5-10-23(20)33-2)26(32)21-9-4-6-11-24(21)34-17-16-27-13-7-12-25(27)31/h3-6,8-11,22H,7,12-18H2,1-2H3/t22-/m0/s1. The predicted octanol–water partition coefficient (Wildman–Crippen LogP) is 2.74. The molecule has 2 fully saturated rings. The van der Waals surface area contributed by atoms with Crippen LogP contribution in [0.1, 0.15) is 41.7 Å². The summed E-state index contributed by atoms with van der Waals surface area (Å²) in [5.74, 6) is 1.14. The monoisotopic (exact) mass is 465 g/mol. The van der Waals surface area contributed by atoms with Crippen molar-refractivity contribution < 1.29 is 23.9 Å². The Hall–Kier alpha value is -3.55. The SMILES string of the molecule is COc1ccccc1[C@@H]1CN(C(C)=O)CCN1C(=O)c1ccccc1OCCN1CCCC1=O. The highest BCUT2D eigenvalue weighted by Gasteiger charge is 2.35. The summed E-state index contributed by atoms with van der Waals surface area (Å²) < 4.78 is 11.5. The number of likely N-dealkylation sites (tertiary alicyclic amines) is 1. The van der Waals surface area contributed by atoms with E-state index in [4.69, 9.17) is 9.47 Å². The van der Waals surface area contributed by atoms with Gasteiger partial charge in [0.2, 0.25) is 11.8 Å². The van der Waals surface area contributed by atoms with Crippen molar-refractivity contribution >= 4 is 17.7 Å². The van der Waals surface area contributed by atoms with Crippen LogP contribution in [-0.2, 0) is 9.59 Å². The van der Waals surface area contributed by atoms with Crippen LogP contribution in [0.3, 0.4) is 0 Å². The Bertz CT molecular complexity index is 1060. The third kappa shape index (κ3) is 5.00. The molecule has 2 aromatic carbocycles. The first-order chi connectivity index (χ1) is 16.5. The molecular formula is C26H31N3O5. The number of carbonyl (C=O) groups is 3. The third-order valence-corrected chi connectivity index (χ3v) is 6.49. The zero-order valence-electron chi connectivity index (χ0n) is 19.7.